The first-order valence-corrected chi connectivity index (χ1v) is 7.95. The molecule has 0 spiro atoms. The molecule has 2 aliphatic heterocycles. The summed E-state index contributed by atoms with van der Waals surface area (Å²) in [6, 6.07) is 8.03. The van der Waals surface area contributed by atoms with Crippen molar-refractivity contribution < 1.29 is 9.90 Å². The summed E-state index contributed by atoms with van der Waals surface area (Å²) in [5.41, 5.74) is 2.42. The number of hydrogen-bond acceptors (Lipinski definition) is 3. The van der Waals surface area contributed by atoms with Crippen molar-refractivity contribution in [3.8, 4) is 0 Å². The van der Waals surface area contributed by atoms with Crippen molar-refractivity contribution in [2.45, 2.75) is 38.3 Å². The Morgan fingerprint density at radius 1 is 1.33 bits per heavy atom. The quantitative estimate of drug-likeness (QED) is 0.867. The lowest BCUT2D eigenvalue weighted by atomic mass is 9.90. The standard InChI is InChI=1S/C17H24N2O2/c1-12(20)13-7-10-19(11-8-13)17(21)16-15-5-3-2-4-14(15)6-9-18-16/h2-5,12-13,16,18,20H,6-11H2,1H3/t12-,16+/m0/s1. The van der Waals surface area contributed by atoms with Crippen molar-refractivity contribution in [1.29, 1.82) is 0 Å². The maximum atomic E-state index is 12.8. The number of fused-ring (bicyclic) bond motifs is 1. The number of rotatable bonds is 2. The summed E-state index contributed by atoms with van der Waals surface area (Å²) in [5, 5.41) is 13.0. The molecule has 3 rings (SSSR count). The number of carbonyl (C=O) groups excluding carboxylic acids is 1. The minimum Gasteiger partial charge on any atom is -0.393 e. The smallest absolute Gasteiger partial charge is 0.244 e. The highest BCUT2D eigenvalue weighted by Gasteiger charge is 2.32. The molecule has 21 heavy (non-hydrogen) atoms. The zero-order valence-corrected chi connectivity index (χ0v) is 12.6. The van der Waals surface area contributed by atoms with Crippen LogP contribution in [0, 0.1) is 5.92 Å². The number of piperidine rings is 1. The van der Waals surface area contributed by atoms with Crippen molar-refractivity contribution in [2.24, 2.45) is 5.92 Å². The summed E-state index contributed by atoms with van der Waals surface area (Å²) in [5.74, 6) is 0.520. The number of benzene rings is 1. The molecule has 114 valence electrons. The Morgan fingerprint density at radius 3 is 2.76 bits per heavy atom. The molecule has 0 unspecified atom stereocenters. The number of amides is 1. The number of nitrogens with one attached hydrogen (secondary N) is 1. The third-order valence-corrected chi connectivity index (χ3v) is 4.89. The normalized spacial score (nSPS) is 24.5. The number of nitrogens with zero attached hydrogens (tertiary/aromatic N) is 1. The molecule has 4 nitrogen and oxygen atoms in total. The van der Waals surface area contributed by atoms with Crippen LogP contribution in [0.15, 0.2) is 24.3 Å². The molecule has 2 N–H and O–H groups in total. The van der Waals surface area contributed by atoms with E-state index in [9.17, 15) is 9.90 Å². The van der Waals surface area contributed by atoms with Crippen molar-refractivity contribution in [2.75, 3.05) is 19.6 Å². The number of aliphatic hydroxyl groups is 1. The van der Waals surface area contributed by atoms with E-state index in [1.54, 1.807) is 0 Å². The number of aliphatic hydroxyl groups excluding tert-OH is 1. The molecule has 0 aromatic heterocycles. The van der Waals surface area contributed by atoms with Gasteiger partial charge in [-0.25, -0.2) is 0 Å². The zero-order chi connectivity index (χ0) is 14.8. The van der Waals surface area contributed by atoms with Crippen LogP contribution in [0.1, 0.15) is 36.9 Å². The monoisotopic (exact) mass is 288 g/mol. The SMILES string of the molecule is C[C@H](O)C1CCN(C(=O)[C@@H]2NCCc3ccccc32)CC1. The van der Waals surface area contributed by atoms with E-state index in [-0.39, 0.29) is 18.1 Å². The first-order valence-electron chi connectivity index (χ1n) is 7.95. The maximum absolute atomic E-state index is 12.8. The fourth-order valence-corrected chi connectivity index (χ4v) is 3.51. The zero-order valence-electron chi connectivity index (χ0n) is 12.6. The molecule has 0 radical (unpaired) electrons. The molecule has 2 heterocycles. The van der Waals surface area contributed by atoms with E-state index in [4.69, 9.17) is 0 Å². The molecule has 1 aromatic carbocycles. The van der Waals surface area contributed by atoms with E-state index in [1.165, 1.54) is 5.56 Å². The molecule has 1 amide bonds. The minimum absolute atomic E-state index is 0.186. The summed E-state index contributed by atoms with van der Waals surface area (Å²) in [6.07, 6.45) is 2.52. The van der Waals surface area contributed by atoms with Crippen LogP contribution in [0.5, 0.6) is 0 Å². The third-order valence-electron chi connectivity index (χ3n) is 4.89. The van der Waals surface area contributed by atoms with Crippen LogP contribution in [0.25, 0.3) is 0 Å². The van der Waals surface area contributed by atoms with Crippen LogP contribution in [-0.4, -0.2) is 41.7 Å². The fraction of sp³-hybridized carbons (Fsp3) is 0.588. The Bertz CT molecular complexity index is 507. The van der Waals surface area contributed by atoms with E-state index < -0.39 is 0 Å². The van der Waals surface area contributed by atoms with Gasteiger partial charge >= 0.3 is 0 Å². The number of likely N-dealkylation sites (tertiary alicyclic amines) is 1. The van der Waals surface area contributed by atoms with Crippen molar-refractivity contribution >= 4 is 5.91 Å². The van der Waals surface area contributed by atoms with Gasteiger partial charge in [-0.05, 0) is 43.2 Å². The lowest BCUT2D eigenvalue weighted by Gasteiger charge is -2.36. The van der Waals surface area contributed by atoms with Crippen molar-refractivity contribution in [3.05, 3.63) is 35.4 Å². The second-order valence-electron chi connectivity index (χ2n) is 6.24. The minimum atomic E-state index is -0.268. The van der Waals surface area contributed by atoms with Crippen LogP contribution >= 0.6 is 0 Å². The van der Waals surface area contributed by atoms with Crippen LogP contribution < -0.4 is 5.32 Å². The van der Waals surface area contributed by atoms with E-state index in [1.807, 2.05) is 24.0 Å². The Hall–Kier alpha value is -1.39. The summed E-state index contributed by atoms with van der Waals surface area (Å²) < 4.78 is 0. The van der Waals surface area contributed by atoms with Gasteiger partial charge in [0.1, 0.15) is 6.04 Å². The lowest BCUT2D eigenvalue weighted by Crippen LogP contribution is -2.47. The predicted molar refractivity (Wildman–Crippen MR) is 81.9 cm³/mol. The number of carbonyl (C=O) groups is 1. The van der Waals surface area contributed by atoms with Gasteiger partial charge in [-0.15, -0.1) is 0 Å². The first kappa shape index (κ1) is 14.5. The van der Waals surface area contributed by atoms with Gasteiger partial charge in [0.15, 0.2) is 0 Å². The van der Waals surface area contributed by atoms with Crippen LogP contribution in [0.4, 0.5) is 0 Å². The predicted octanol–water partition coefficient (Wildman–Crippen LogP) is 1.49. The van der Waals surface area contributed by atoms with E-state index in [2.05, 4.69) is 17.4 Å². The Balaban J connectivity index is 1.70. The highest BCUT2D eigenvalue weighted by molar-refractivity contribution is 5.84. The highest BCUT2D eigenvalue weighted by atomic mass is 16.3. The second-order valence-corrected chi connectivity index (χ2v) is 6.24. The third kappa shape index (κ3) is 2.97. The largest absolute Gasteiger partial charge is 0.393 e. The summed E-state index contributed by atoms with van der Waals surface area (Å²) >= 11 is 0. The van der Waals surface area contributed by atoms with Crippen LogP contribution in [-0.2, 0) is 11.2 Å². The average Bonchev–Trinajstić information content (AvgIpc) is 2.53. The van der Waals surface area contributed by atoms with Crippen molar-refractivity contribution in [3.63, 3.8) is 0 Å². The summed E-state index contributed by atoms with van der Waals surface area (Å²) in [4.78, 5) is 14.8. The summed E-state index contributed by atoms with van der Waals surface area (Å²) in [6.45, 7) is 4.22. The molecule has 1 saturated heterocycles. The average molecular weight is 288 g/mol. The van der Waals surface area contributed by atoms with Gasteiger partial charge in [-0.1, -0.05) is 24.3 Å². The topological polar surface area (TPSA) is 52.6 Å². The molecule has 2 aliphatic rings. The molecule has 4 heteroatoms. The van der Waals surface area contributed by atoms with Gasteiger partial charge in [0, 0.05) is 19.6 Å². The molecular formula is C17H24N2O2. The van der Waals surface area contributed by atoms with Crippen LogP contribution in [0.2, 0.25) is 0 Å². The van der Waals surface area contributed by atoms with E-state index in [0.29, 0.717) is 5.92 Å². The van der Waals surface area contributed by atoms with Gasteiger partial charge in [0.2, 0.25) is 5.91 Å². The van der Waals surface area contributed by atoms with Gasteiger partial charge in [-0.2, -0.15) is 0 Å². The van der Waals surface area contributed by atoms with Gasteiger partial charge in [0.25, 0.3) is 0 Å². The lowest BCUT2D eigenvalue weighted by molar-refractivity contribution is -0.135. The summed E-state index contributed by atoms with van der Waals surface area (Å²) in [7, 11) is 0. The maximum Gasteiger partial charge on any atom is 0.244 e. The molecule has 0 bridgehead atoms. The fourth-order valence-electron chi connectivity index (χ4n) is 3.51. The van der Waals surface area contributed by atoms with E-state index >= 15 is 0 Å². The number of hydrogen-bond donors (Lipinski definition) is 2. The Labute approximate surface area is 126 Å². The van der Waals surface area contributed by atoms with Gasteiger partial charge in [-0.3, -0.25) is 4.79 Å². The molecule has 0 aliphatic carbocycles. The van der Waals surface area contributed by atoms with E-state index in [0.717, 1.165) is 44.5 Å². The van der Waals surface area contributed by atoms with Gasteiger partial charge in [0.05, 0.1) is 6.10 Å². The molecule has 1 aromatic rings. The highest BCUT2D eigenvalue weighted by Crippen LogP contribution is 2.27. The second kappa shape index (κ2) is 6.16. The molecule has 1 fully saturated rings. The first-order chi connectivity index (χ1) is 10.2. The Morgan fingerprint density at radius 2 is 2.05 bits per heavy atom. The molecule has 0 saturated carbocycles. The molecule has 2 atom stereocenters. The Kier molecular flexibility index (Phi) is 4.27. The van der Waals surface area contributed by atoms with Gasteiger partial charge < -0.3 is 15.3 Å². The molecular weight excluding hydrogens is 264 g/mol. The van der Waals surface area contributed by atoms with Crippen molar-refractivity contribution in [1.82, 2.24) is 10.2 Å². The van der Waals surface area contributed by atoms with Crippen LogP contribution in [0.3, 0.4) is 0 Å².